The molecular weight excluding hydrogens is 345 g/mol. The van der Waals surface area contributed by atoms with Gasteiger partial charge in [-0.2, -0.15) is 13.2 Å². The van der Waals surface area contributed by atoms with Gasteiger partial charge in [-0.1, -0.05) is 24.3 Å². The summed E-state index contributed by atoms with van der Waals surface area (Å²) in [5.74, 6) is -0.902. The molecule has 24 heavy (non-hydrogen) atoms. The highest BCUT2D eigenvalue weighted by molar-refractivity contribution is 7.92. The van der Waals surface area contributed by atoms with Gasteiger partial charge in [0, 0.05) is 0 Å². The predicted octanol–water partition coefficient (Wildman–Crippen LogP) is 2.91. The van der Waals surface area contributed by atoms with Crippen LogP contribution in [0.5, 0.6) is 0 Å². The number of anilines is 1. The Bertz CT molecular complexity index is 893. The van der Waals surface area contributed by atoms with Crippen molar-refractivity contribution in [2.24, 2.45) is 5.73 Å². The molecule has 0 bridgehead atoms. The number of hydrogen-bond donors (Lipinski definition) is 2. The van der Waals surface area contributed by atoms with Crippen molar-refractivity contribution in [3.63, 3.8) is 0 Å². The van der Waals surface area contributed by atoms with Crippen LogP contribution >= 0.6 is 0 Å². The molecule has 1 amide bonds. The second kappa shape index (κ2) is 6.16. The first-order valence-corrected chi connectivity index (χ1v) is 8.11. The summed E-state index contributed by atoms with van der Waals surface area (Å²) in [6.45, 7) is 1.50. The van der Waals surface area contributed by atoms with Gasteiger partial charge in [-0.3, -0.25) is 9.52 Å². The SMILES string of the molecule is Cc1cccc(C(N)=O)c1NS(=O)(=O)c1ccccc1C(F)(F)F. The molecule has 5 nitrogen and oxygen atoms in total. The summed E-state index contributed by atoms with van der Waals surface area (Å²) in [7, 11) is -4.58. The van der Waals surface area contributed by atoms with Gasteiger partial charge in [0.05, 0.1) is 21.7 Å². The number of nitrogens with one attached hydrogen (secondary N) is 1. The molecule has 0 saturated carbocycles. The Morgan fingerprint density at radius 2 is 1.71 bits per heavy atom. The molecule has 0 atom stereocenters. The summed E-state index contributed by atoms with van der Waals surface area (Å²) in [6.07, 6.45) is -4.84. The maximum Gasteiger partial charge on any atom is 0.417 e. The second-order valence-corrected chi connectivity index (χ2v) is 6.61. The molecule has 9 heteroatoms. The zero-order valence-electron chi connectivity index (χ0n) is 12.4. The largest absolute Gasteiger partial charge is 0.417 e. The van der Waals surface area contributed by atoms with E-state index in [1.54, 1.807) is 0 Å². The lowest BCUT2D eigenvalue weighted by Gasteiger charge is -2.16. The zero-order chi connectivity index (χ0) is 18.1. The zero-order valence-corrected chi connectivity index (χ0v) is 13.2. The van der Waals surface area contributed by atoms with Gasteiger partial charge in [0.15, 0.2) is 0 Å². The number of sulfonamides is 1. The molecule has 2 rings (SSSR count). The van der Waals surface area contributed by atoms with Gasteiger partial charge in [-0.25, -0.2) is 8.42 Å². The Morgan fingerprint density at radius 3 is 2.29 bits per heavy atom. The number of carbonyl (C=O) groups is 1. The third-order valence-electron chi connectivity index (χ3n) is 3.26. The van der Waals surface area contributed by atoms with E-state index < -0.39 is 32.6 Å². The van der Waals surface area contributed by atoms with E-state index in [2.05, 4.69) is 0 Å². The number of nitrogens with two attached hydrogens (primary N) is 1. The second-order valence-electron chi connectivity index (χ2n) is 4.96. The van der Waals surface area contributed by atoms with Crippen molar-refractivity contribution in [2.45, 2.75) is 18.0 Å². The molecule has 0 aliphatic rings. The van der Waals surface area contributed by atoms with Crippen LogP contribution in [-0.2, 0) is 16.2 Å². The highest BCUT2D eigenvalue weighted by atomic mass is 32.2. The number of aryl methyl sites for hydroxylation is 1. The molecule has 2 aromatic rings. The van der Waals surface area contributed by atoms with Gasteiger partial charge in [-0.05, 0) is 30.7 Å². The first kappa shape index (κ1) is 17.8. The lowest BCUT2D eigenvalue weighted by atomic mass is 10.1. The molecule has 0 spiro atoms. The molecule has 128 valence electrons. The topological polar surface area (TPSA) is 89.3 Å². The van der Waals surface area contributed by atoms with Crippen LogP contribution in [0.4, 0.5) is 18.9 Å². The smallest absolute Gasteiger partial charge is 0.366 e. The number of amides is 1. The molecule has 0 fully saturated rings. The third kappa shape index (κ3) is 3.51. The quantitative estimate of drug-likeness (QED) is 0.881. The molecular formula is C15H13F3N2O3S. The monoisotopic (exact) mass is 358 g/mol. The van der Waals surface area contributed by atoms with Crippen molar-refractivity contribution in [3.05, 3.63) is 59.2 Å². The van der Waals surface area contributed by atoms with Crippen LogP contribution in [0.3, 0.4) is 0 Å². The summed E-state index contributed by atoms with van der Waals surface area (Å²) in [4.78, 5) is 10.5. The van der Waals surface area contributed by atoms with E-state index in [9.17, 15) is 26.4 Å². The minimum Gasteiger partial charge on any atom is -0.366 e. The summed E-state index contributed by atoms with van der Waals surface area (Å²) in [5.41, 5.74) is 3.95. The van der Waals surface area contributed by atoms with E-state index in [4.69, 9.17) is 5.73 Å². The summed E-state index contributed by atoms with van der Waals surface area (Å²) >= 11 is 0. The molecule has 0 heterocycles. The van der Waals surface area contributed by atoms with Crippen molar-refractivity contribution in [1.82, 2.24) is 0 Å². The number of para-hydroxylation sites is 1. The first-order chi connectivity index (χ1) is 11.0. The van der Waals surface area contributed by atoms with Gasteiger partial charge < -0.3 is 5.73 Å². The fraction of sp³-hybridized carbons (Fsp3) is 0.133. The van der Waals surface area contributed by atoms with Crippen LogP contribution in [-0.4, -0.2) is 14.3 Å². The van der Waals surface area contributed by atoms with Gasteiger partial charge >= 0.3 is 6.18 Å². The van der Waals surface area contributed by atoms with E-state index in [0.717, 1.165) is 12.1 Å². The highest BCUT2D eigenvalue weighted by Gasteiger charge is 2.37. The first-order valence-electron chi connectivity index (χ1n) is 6.62. The van der Waals surface area contributed by atoms with Gasteiger partial charge in [-0.15, -0.1) is 0 Å². The van der Waals surface area contributed by atoms with Crippen molar-refractivity contribution >= 4 is 21.6 Å². The fourth-order valence-electron chi connectivity index (χ4n) is 2.13. The van der Waals surface area contributed by atoms with Gasteiger partial charge in [0.2, 0.25) is 0 Å². The number of carbonyl (C=O) groups excluding carboxylic acids is 1. The molecule has 0 aromatic heterocycles. The summed E-state index contributed by atoms with van der Waals surface area (Å²) in [6, 6.07) is 8.04. The fourth-order valence-corrected chi connectivity index (χ4v) is 3.51. The summed E-state index contributed by atoms with van der Waals surface area (Å²) in [5, 5.41) is 0. The molecule has 0 aliphatic heterocycles. The average Bonchev–Trinajstić information content (AvgIpc) is 2.48. The minimum absolute atomic E-state index is 0.136. The highest BCUT2D eigenvalue weighted by Crippen LogP contribution is 2.35. The molecule has 0 unspecified atom stereocenters. The molecule has 0 aliphatic carbocycles. The lowest BCUT2D eigenvalue weighted by Crippen LogP contribution is -2.22. The van der Waals surface area contributed by atoms with E-state index >= 15 is 0 Å². The van der Waals surface area contributed by atoms with Crippen LogP contribution in [0.15, 0.2) is 47.4 Å². The molecule has 0 radical (unpaired) electrons. The maximum atomic E-state index is 13.0. The van der Waals surface area contributed by atoms with Crippen molar-refractivity contribution < 1.29 is 26.4 Å². The number of rotatable bonds is 4. The van der Waals surface area contributed by atoms with E-state index in [1.165, 1.54) is 31.2 Å². The Hall–Kier alpha value is -2.55. The number of benzene rings is 2. The Labute approximate surface area is 136 Å². The van der Waals surface area contributed by atoms with E-state index in [1.807, 2.05) is 4.72 Å². The maximum absolute atomic E-state index is 13.0. The summed E-state index contributed by atoms with van der Waals surface area (Å²) < 4.78 is 66.0. The molecule has 2 aromatic carbocycles. The standard InChI is InChI=1S/C15H13F3N2O3S/c1-9-5-4-6-10(14(19)21)13(9)20-24(22,23)12-8-3-2-7-11(12)15(16,17)18/h2-8,20H,1H3,(H2,19,21). The third-order valence-corrected chi connectivity index (χ3v) is 4.66. The number of primary amides is 1. The van der Waals surface area contributed by atoms with Crippen molar-refractivity contribution in [3.8, 4) is 0 Å². The molecule has 3 N–H and O–H groups in total. The number of halogens is 3. The number of hydrogen-bond acceptors (Lipinski definition) is 3. The van der Waals surface area contributed by atoms with Crippen LogP contribution in [0.2, 0.25) is 0 Å². The normalized spacial score (nSPS) is 12.0. The van der Waals surface area contributed by atoms with Crippen molar-refractivity contribution in [2.75, 3.05) is 4.72 Å². The van der Waals surface area contributed by atoms with Crippen molar-refractivity contribution in [1.29, 1.82) is 0 Å². The van der Waals surface area contributed by atoms with Crippen LogP contribution < -0.4 is 10.5 Å². The van der Waals surface area contributed by atoms with Crippen LogP contribution in [0, 0.1) is 6.92 Å². The lowest BCUT2D eigenvalue weighted by molar-refractivity contribution is -0.139. The molecule has 0 saturated heterocycles. The van der Waals surface area contributed by atoms with E-state index in [0.29, 0.717) is 11.6 Å². The predicted molar refractivity (Wildman–Crippen MR) is 81.9 cm³/mol. The Balaban J connectivity index is 2.59. The van der Waals surface area contributed by atoms with Gasteiger partial charge in [0.25, 0.3) is 15.9 Å². The van der Waals surface area contributed by atoms with Gasteiger partial charge in [0.1, 0.15) is 0 Å². The van der Waals surface area contributed by atoms with E-state index in [-0.39, 0.29) is 11.3 Å². The Morgan fingerprint density at radius 1 is 1.08 bits per heavy atom. The van der Waals surface area contributed by atoms with Crippen LogP contribution in [0.1, 0.15) is 21.5 Å². The minimum atomic E-state index is -4.84. The number of alkyl halides is 3. The average molecular weight is 358 g/mol. The van der Waals surface area contributed by atoms with Crippen LogP contribution in [0.25, 0.3) is 0 Å². The Kier molecular flexibility index (Phi) is 4.57.